The maximum absolute atomic E-state index is 11.1. The van der Waals surface area contributed by atoms with E-state index < -0.39 is 17.6 Å². The fraction of sp³-hybridized carbons (Fsp3) is 0.111. The average Bonchev–Trinajstić information content (AvgIpc) is 2.57. The Hall–Kier alpha value is -2.24. The lowest BCUT2D eigenvalue weighted by atomic mass is 10.2. The number of primary amides is 2. The third-order valence-corrected chi connectivity index (χ3v) is 2.01. The summed E-state index contributed by atoms with van der Waals surface area (Å²) in [5.41, 5.74) is 10.0. The van der Waals surface area contributed by atoms with Crippen LogP contribution in [0.3, 0.4) is 0 Å². The molecule has 1 heterocycles. The number of carbonyl (C=O) groups is 2. The molecule has 6 heteroatoms. The summed E-state index contributed by atoms with van der Waals surface area (Å²) in [4.78, 5) is 22.2. The van der Waals surface area contributed by atoms with E-state index in [0.717, 1.165) is 0 Å². The topological polar surface area (TPSA) is 105 Å². The SMILES string of the molecule is NC(=O)C1(C(N)=O)Oc2ccccc2O1. The molecular weight excluding hydrogens is 200 g/mol. The molecule has 1 aromatic rings. The largest absolute Gasteiger partial charge is 0.433 e. The van der Waals surface area contributed by atoms with Crippen molar-refractivity contribution >= 4 is 11.8 Å². The Labute approximate surface area is 84.8 Å². The van der Waals surface area contributed by atoms with Crippen LogP contribution in [0.2, 0.25) is 0 Å². The Kier molecular flexibility index (Phi) is 1.79. The van der Waals surface area contributed by atoms with Crippen molar-refractivity contribution in [3.63, 3.8) is 0 Å². The lowest BCUT2D eigenvalue weighted by molar-refractivity contribution is -0.166. The predicted molar refractivity (Wildman–Crippen MR) is 48.8 cm³/mol. The van der Waals surface area contributed by atoms with Crippen molar-refractivity contribution in [2.45, 2.75) is 5.79 Å². The molecule has 1 aliphatic heterocycles. The molecule has 0 fully saturated rings. The average molecular weight is 208 g/mol. The molecule has 0 saturated carbocycles. The summed E-state index contributed by atoms with van der Waals surface area (Å²) >= 11 is 0. The van der Waals surface area contributed by atoms with E-state index in [1.165, 1.54) is 0 Å². The Morgan fingerprint density at radius 3 is 1.73 bits per heavy atom. The van der Waals surface area contributed by atoms with Gasteiger partial charge in [-0.25, -0.2) is 0 Å². The van der Waals surface area contributed by atoms with Crippen LogP contribution < -0.4 is 20.9 Å². The van der Waals surface area contributed by atoms with E-state index in [1.807, 2.05) is 0 Å². The van der Waals surface area contributed by atoms with E-state index in [2.05, 4.69) is 0 Å². The first kappa shape index (κ1) is 9.32. The molecule has 0 bridgehead atoms. The van der Waals surface area contributed by atoms with Crippen LogP contribution in [0.4, 0.5) is 0 Å². The van der Waals surface area contributed by atoms with Crippen LogP contribution in [0.5, 0.6) is 11.5 Å². The van der Waals surface area contributed by atoms with E-state index in [4.69, 9.17) is 20.9 Å². The third kappa shape index (κ3) is 1.18. The first-order chi connectivity index (χ1) is 7.06. The van der Waals surface area contributed by atoms with Crippen LogP contribution in [0, 0.1) is 0 Å². The first-order valence-corrected chi connectivity index (χ1v) is 4.13. The fourth-order valence-electron chi connectivity index (χ4n) is 1.27. The molecule has 4 N–H and O–H groups in total. The molecule has 6 nitrogen and oxygen atoms in total. The van der Waals surface area contributed by atoms with Crippen LogP contribution in [0.15, 0.2) is 24.3 Å². The molecule has 15 heavy (non-hydrogen) atoms. The number of benzene rings is 1. The van der Waals surface area contributed by atoms with Crippen LogP contribution in [-0.4, -0.2) is 17.6 Å². The van der Waals surface area contributed by atoms with Crippen LogP contribution in [-0.2, 0) is 9.59 Å². The second-order valence-electron chi connectivity index (χ2n) is 3.00. The number of ether oxygens (including phenoxy) is 2. The number of fused-ring (bicyclic) bond motifs is 1. The van der Waals surface area contributed by atoms with Gasteiger partial charge in [0.2, 0.25) is 0 Å². The molecule has 0 radical (unpaired) electrons. The van der Waals surface area contributed by atoms with Crippen molar-refractivity contribution in [3.8, 4) is 11.5 Å². The summed E-state index contributed by atoms with van der Waals surface area (Å²) in [6.45, 7) is 0. The molecule has 0 saturated heterocycles. The Morgan fingerprint density at radius 2 is 1.40 bits per heavy atom. The minimum atomic E-state index is -2.22. The second kappa shape index (κ2) is 2.88. The highest BCUT2D eigenvalue weighted by atomic mass is 16.7. The number of hydrogen-bond acceptors (Lipinski definition) is 4. The highest BCUT2D eigenvalue weighted by molar-refractivity contribution is 6.06. The zero-order chi connectivity index (χ0) is 11.1. The van der Waals surface area contributed by atoms with Gasteiger partial charge in [0.05, 0.1) is 0 Å². The van der Waals surface area contributed by atoms with E-state index in [9.17, 15) is 9.59 Å². The normalized spacial score (nSPS) is 16.0. The molecule has 0 spiro atoms. The van der Waals surface area contributed by atoms with Gasteiger partial charge in [-0.05, 0) is 12.1 Å². The van der Waals surface area contributed by atoms with Gasteiger partial charge in [-0.1, -0.05) is 12.1 Å². The molecular formula is C9H8N2O4. The van der Waals surface area contributed by atoms with Gasteiger partial charge >= 0.3 is 17.6 Å². The van der Waals surface area contributed by atoms with E-state index in [-0.39, 0.29) is 11.5 Å². The van der Waals surface area contributed by atoms with Crippen molar-refractivity contribution in [2.24, 2.45) is 11.5 Å². The smallest absolute Gasteiger partial charge is 0.414 e. The van der Waals surface area contributed by atoms with Gasteiger partial charge in [0.25, 0.3) is 0 Å². The van der Waals surface area contributed by atoms with Crippen molar-refractivity contribution < 1.29 is 19.1 Å². The summed E-state index contributed by atoms with van der Waals surface area (Å²) in [7, 11) is 0. The number of para-hydroxylation sites is 2. The van der Waals surface area contributed by atoms with Gasteiger partial charge in [-0.3, -0.25) is 9.59 Å². The van der Waals surface area contributed by atoms with E-state index >= 15 is 0 Å². The quantitative estimate of drug-likeness (QED) is 0.616. The lowest BCUT2D eigenvalue weighted by Gasteiger charge is -2.19. The minimum absolute atomic E-state index is 0.259. The molecule has 0 aromatic heterocycles. The van der Waals surface area contributed by atoms with Crippen molar-refractivity contribution in [3.05, 3.63) is 24.3 Å². The Bertz CT molecular complexity index is 402. The minimum Gasteiger partial charge on any atom is -0.433 e. The van der Waals surface area contributed by atoms with Crippen molar-refractivity contribution in [2.75, 3.05) is 0 Å². The number of nitrogens with two attached hydrogens (primary N) is 2. The van der Waals surface area contributed by atoms with E-state index in [0.29, 0.717) is 0 Å². The van der Waals surface area contributed by atoms with Gasteiger partial charge in [0.15, 0.2) is 11.5 Å². The first-order valence-electron chi connectivity index (χ1n) is 4.13. The molecule has 2 amide bonds. The molecule has 1 aliphatic rings. The zero-order valence-electron chi connectivity index (χ0n) is 7.60. The number of carbonyl (C=O) groups excluding carboxylic acids is 2. The summed E-state index contributed by atoms with van der Waals surface area (Å²) < 4.78 is 10.1. The molecule has 0 atom stereocenters. The fourth-order valence-corrected chi connectivity index (χ4v) is 1.27. The number of amides is 2. The van der Waals surface area contributed by atoms with Gasteiger partial charge < -0.3 is 20.9 Å². The van der Waals surface area contributed by atoms with Crippen LogP contribution >= 0.6 is 0 Å². The van der Waals surface area contributed by atoms with Gasteiger partial charge in [-0.2, -0.15) is 0 Å². The summed E-state index contributed by atoms with van der Waals surface area (Å²) in [5, 5.41) is 0. The maximum atomic E-state index is 11.1. The maximum Gasteiger partial charge on any atom is 0.414 e. The number of rotatable bonds is 2. The number of hydrogen-bond donors (Lipinski definition) is 2. The second-order valence-corrected chi connectivity index (χ2v) is 3.00. The molecule has 78 valence electrons. The summed E-state index contributed by atoms with van der Waals surface area (Å²) in [6, 6.07) is 6.42. The van der Waals surface area contributed by atoms with Crippen LogP contribution in [0.25, 0.3) is 0 Å². The molecule has 0 aliphatic carbocycles. The standard InChI is InChI=1S/C9H8N2O4/c10-7(12)9(8(11)13)14-5-3-1-2-4-6(5)15-9/h1-4H,(H2,10,12)(H2,11,13). The highest BCUT2D eigenvalue weighted by Crippen LogP contribution is 2.38. The highest BCUT2D eigenvalue weighted by Gasteiger charge is 2.53. The predicted octanol–water partition coefficient (Wildman–Crippen LogP) is -0.875. The molecule has 2 rings (SSSR count). The molecule has 1 aromatic carbocycles. The Morgan fingerprint density at radius 1 is 1.00 bits per heavy atom. The van der Waals surface area contributed by atoms with Crippen LogP contribution in [0.1, 0.15) is 0 Å². The van der Waals surface area contributed by atoms with Crippen molar-refractivity contribution in [1.29, 1.82) is 0 Å². The van der Waals surface area contributed by atoms with Gasteiger partial charge in [-0.15, -0.1) is 0 Å². The van der Waals surface area contributed by atoms with Crippen molar-refractivity contribution in [1.82, 2.24) is 0 Å². The Balaban J connectivity index is 2.45. The monoisotopic (exact) mass is 208 g/mol. The lowest BCUT2D eigenvalue weighted by Crippen LogP contribution is -2.60. The van der Waals surface area contributed by atoms with Gasteiger partial charge in [0.1, 0.15) is 0 Å². The third-order valence-electron chi connectivity index (χ3n) is 2.01. The van der Waals surface area contributed by atoms with E-state index in [1.54, 1.807) is 24.3 Å². The molecule has 0 unspecified atom stereocenters. The summed E-state index contributed by atoms with van der Waals surface area (Å²) in [6.07, 6.45) is 0. The van der Waals surface area contributed by atoms with Gasteiger partial charge in [0, 0.05) is 0 Å². The zero-order valence-corrected chi connectivity index (χ0v) is 7.60. The summed E-state index contributed by atoms with van der Waals surface area (Å²) in [5.74, 6) is -3.86.